The van der Waals surface area contributed by atoms with Crippen LogP contribution in [-0.2, 0) is 11.2 Å². The molecule has 1 aromatic heterocycles. The molecule has 1 N–H and O–H groups in total. The van der Waals surface area contributed by atoms with Crippen LogP contribution in [0.4, 0.5) is 4.39 Å². The summed E-state index contributed by atoms with van der Waals surface area (Å²) in [5.74, 6) is 1.13. The van der Waals surface area contributed by atoms with Crippen molar-refractivity contribution in [1.82, 2.24) is 9.97 Å². The first kappa shape index (κ1) is 15.2. The van der Waals surface area contributed by atoms with Gasteiger partial charge in [-0.3, -0.25) is 0 Å². The lowest BCUT2D eigenvalue weighted by Gasteiger charge is -2.19. The molecule has 0 saturated heterocycles. The van der Waals surface area contributed by atoms with Gasteiger partial charge in [0.1, 0.15) is 16.3 Å². The highest BCUT2D eigenvalue weighted by atomic mass is 32.2. The highest BCUT2D eigenvalue weighted by Crippen LogP contribution is 2.25. The minimum absolute atomic E-state index is 0.0199. The zero-order valence-electron chi connectivity index (χ0n) is 11.7. The van der Waals surface area contributed by atoms with Crippen LogP contribution in [0.2, 0.25) is 0 Å². The summed E-state index contributed by atoms with van der Waals surface area (Å²) in [6.07, 6.45) is 0. The summed E-state index contributed by atoms with van der Waals surface area (Å²) in [6.45, 7) is 6.34. The van der Waals surface area contributed by atoms with E-state index >= 15 is 0 Å². The van der Waals surface area contributed by atoms with Crippen molar-refractivity contribution in [2.75, 3.05) is 0 Å². The molecular formula is C15H17FN2S2. The topological polar surface area (TPSA) is 28.7 Å². The number of halogens is 1. The second-order valence-electron chi connectivity index (χ2n) is 5.55. The van der Waals surface area contributed by atoms with Crippen molar-refractivity contribution in [1.29, 1.82) is 0 Å². The maximum atomic E-state index is 13.6. The lowest BCUT2D eigenvalue weighted by atomic mass is 9.92. The van der Waals surface area contributed by atoms with Crippen LogP contribution < -0.4 is 0 Å². The van der Waals surface area contributed by atoms with Gasteiger partial charge in [-0.1, -0.05) is 45.1 Å². The first-order valence-corrected chi connectivity index (χ1v) is 7.74. The van der Waals surface area contributed by atoms with Gasteiger partial charge in [0.25, 0.3) is 0 Å². The van der Waals surface area contributed by atoms with Gasteiger partial charge < -0.3 is 4.98 Å². The summed E-state index contributed by atoms with van der Waals surface area (Å²) in [6, 6.07) is 8.62. The summed E-state index contributed by atoms with van der Waals surface area (Å²) in [5.41, 5.74) is 1.02. The second-order valence-corrected chi connectivity index (χ2v) is 6.98. The normalized spacial score (nSPS) is 11.6. The van der Waals surface area contributed by atoms with E-state index in [-0.39, 0.29) is 11.2 Å². The molecule has 1 heterocycles. The number of nitrogens with one attached hydrogen (secondary N) is 1. The minimum atomic E-state index is -0.205. The molecule has 5 heteroatoms. The lowest BCUT2D eigenvalue weighted by Crippen LogP contribution is -2.15. The molecule has 0 bridgehead atoms. The number of hydrogen-bond donors (Lipinski definition) is 1. The summed E-state index contributed by atoms with van der Waals surface area (Å²) in [5, 5.41) is 0. The van der Waals surface area contributed by atoms with Gasteiger partial charge >= 0.3 is 0 Å². The van der Waals surface area contributed by atoms with Gasteiger partial charge in [0, 0.05) is 16.0 Å². The highest BCUT2D eigenvalue weighted by molar-refractivity contribution is 7.98. The Hall–Kier alpha value is -1.20. The molecule has 0 atom stereocenters. The van der Waals surface area contributed by atoms with Crippen LogP contribution in [0.25, 0.3) is 0 Å². The van der Waals surface area contributed by atoms with Crippen LogP contribution in [0, 0.1) is 10.5 Å². The van der Waals surface area contributed by atoms with Gasteiger partial charge in [0.2, 0.25) is 0 Å². The predicted octanol–water partition coefficient (Wildman–Crippen LogP) is 4.87. The van der Waals surface area contributed by atoms with Crippen LogP contribution in [0.5, 0.6) is 0 Å². The van der Waals surface area contributed by atoms with Crippen molar-refractivity contribution >= 4 is 24.0 Å². The van der Waals surface area contributed by atoms with E-state index in [2.05, 4.69) is 30.7 Å². The summed E-state index contributed by atoms with van der Waals surface area (Å²) < 4.78 is 14.1. The van der Waals surface area contributed by atoms with E-state index in [1.54, 1.807) is 12.1 Å². The number of nitrogens with zero attached hydrogens (tertiary/aromatic N) is 1. The zero-order chi connectivity index (χ0) is 14.8. The molecule has 0 amide bonds. The van der Waals surface area contributed by atoms with E-state index in [9.17, 15) is 4.39 Å². The molecule has 2 aromatic rings. The second kappa shape index (κ2) is 6.06. The maximum absolute atomic E-state index is 13.6. The Kier molecular flexibility index (Phi) is 4.60. The number of thioether (sulfide) groups is 1. The maximum Gasteiger partial charge on any atom is 0.136 e. The van der Waals surface area contributed by atoms with Crippen LogP contribution in [-0.4, -0.2) is 9.97 Å². The van der Waals surface area contributed by atoms with Crippen molar-refractivity contribution in [2.45, 2.75) is 36.8 Å². The largest absolute Gasteiger partial charge is 0.346 e. The number of H-pyrrole nitrogens is 1. The Labute approximate surface area is 127 Å². The predicted molar refractivity (Wildman–Crippen MR) is 84.1 cm³/mol. The van der Waals surface area contributed by atoms with Crippen LogP contribution >= 0.6 is 24.0 Å². The average Bonchev–Trinajstić information content (AvgIpc) is 2.36. The molecule has 20 heavy (non-hydrogen) atoms. The van der Waals surface area contributed by atoms with Gasteiger partial charge in [-0.2, -0.15) is 0 Å². The lowest BCUT2D eigenvalue weighted by molar-refractivity contribution is 0.563. The third kappa shape index (κ3) is 3.90. The van der Waals surface area contributed by atoms with E-state index in [0.717, 1.165) is 11.5 Å². The molecule has 106 valence electrons. The number of rotatable bonds is 3. The van der Waals surface area contributed by atoms with Crippen molar-refractivity contribution in [3.8, 4) is 0 Å². The van der Waals surface area contributed by atoms with Crippen LogP contribution in [0.15, 0.2) is 35.2 Å². The van der Waals surface area contributed by atoms with E-state index in [1.807, 2.05) is 12.1 Å². The summed E-state index contributed by atoms with van der Waals surface area (Å²) in [7, 11) is 0. The molecule has 0 saturated carbocycles. The SMILES string of the molecule is CC(C)(C)c1cc(=S)nc(CSc2ccccc2F)[nH]1. The fraction of sp³-hybridized carbons (Fsp3) is 0.333. The van der Waals surface area contributed by atoms with Gasteiger partial charge in [-0.25, -0.2) is 9.37 Å². The number of hydrogen-bond acceptors (Lipinski definition) is 3. The number of aromatic amines is 1. The van der Waals surface area contributed by atoms with Crippen LogP contribution in [0.3, 0.4) is 0 Å². The molecular weight excluding hydrogens is 291 g/mol. The van der Waals surface area contributed by atoms with Gasteiger partial charge in [-0.15, -0.1) is 11.8 Å². The summed E-state index contributed by atoms with van der Waals surface area (Å²) in [4.78, 5) is 8.22. The first-order valence-electron chi connectivity index (χ1n) is 6.34. The third-order valence-corrected chi connectivity index (χ3v) is 4.07. The van der Waals surface area contributed by atoms with Crippen molar-refractivity contribution in [2.24, 2.45) is 0 Å². The van der Waals surface area contributed by atoms with Crippen LogP contribution in [0.1, 0.15) is 32.3 Å². The monoisotopic (exact) mass is 308 g/mol. The molecule has 2 rings (SSSR count). The molecule has 2 nitrogen and oxygen atoms in total. The highest BCUT2D eigenvalue weighted by Gasteiger charge is 2.15. The summed E-state index contributed by atoms with van der Waals surface area (Å²) >= 11 is 6.61. The fourth-order valence-corrected chi connectivity index (χ4v) is 2.73. The van der Waals surface area contributed by atoms with Crippen molar-refractivity contribution in [3.05, 3.63) is 52.3 Å². The molecule has 0 aliphatic rings. The molecule has 1 aromatic carbocycles. The Balaban J connectivity index is 2.20. The van der Waals surface area contributed by atoms with Gasteiger partial charge in [-0.05, 0) is 18.2 Å². The van der Waals surface area contributed by atoms with E-state index in [1.165, 1.54) is 17.8 Å². The van der Waals surface area contributed by atoms with E-state index < -0.39 is 0 Å². The Morgan fingerprint density at radius 1 is 1.30 bits per heavy atom. The minimum Gasteiger partial charge on any atom is -0.346 e. The van der Waals surface area contributed by atoms with Crippen molar-refractivity contribution < 1.29 is 4.39 Å². The standard InChI is InChI=1S/C15H17FN2S2/c1-15(2,3)12-8-14(19)18-13(17-12)9-20-11-7-5-4-6-10(11)16/h4-8H,9H2,1-3H3,(H,17,18,19). The Morgan fingerprint density at radius 3 is 2.65 bits per heavy atom. The quantitative estimate of drug-likeness (QED) is 0.648. The molecule has 0 radical (unpaired) electrons. The Morgan fingerprint density at radius 2 is 2.00 bits per heavy atom. The molecule has 0 fully saturated rings. The molecule has 0 spiro atoms. The van der Waals surface area contributed by atoms with Gasteiger partial charge in [0.05, 0.1) is 5.75 Å². The number of aromatic nitrogens is 2. The molecule has 0 aliphatic carbocycles. The average molecular weight is 308 g/mol. The zero-order valence-corrected chi connectivity index (χ0v) is 13.4. The first-order chi connectivity index (χ1) is 9.36. The van der Waals surface area contributed by atoms with E-state index in [0.29, 0.717) is 15.3 Å². The van der Waals surface area contributed by atoms with Crippen molar-refractivity contribution in [3.63, 3.8) is 0 Å². The Bertz CT molecular complexity index is 659. The molecule has 0 aliphatic heterocycles. The number of benzene rings is 1. The smallest absolute Gasteiger partial charge is 0.136 e. The van der Waals surface area contributed by atoms with Gasteiger partial charge in [0.15, 0.2) is 0 Å². The fourth-order valence-electron chi connectivity index (χ4n) is 1.69. The third-order valence-electron chi connectivity index (χ3n) is 2.80. The van der Waals surface area contributed by atoms with E-state index in [4.69, 9.17) is 12.2 Å². The molecule has 0 unspecified atom stereocenters.